The average molecular weight is 187 g/mol. The summed E-state index contributed by atoms with van der Waals surface area (Å²) in [5.41, 5.74) is 0.462. The molecule has 0 amide bonds. The summed E-state index contributed by atoms with van der Waals surface area (Å²) >= 11 is 0. The summed E-state index contributed by atoms with van der Waals surface area (Å²) in [5.74, 6) is -3.03. The number of aliphatic hydroxyl groups is 1. The molecule has 0 spiro atoms. The normalized spacial score (nSPS) is 11.7. The Labute approximate surface area is 75.2 Å². The van der Waals surface area contributed by atoms with Crippen molar-refractivity contribution in [2.24, 2.45) is 0 Å². The lowest BCUT2D eigenvalue weighted by Gasteiger charge is -2.14. The Morgan fingerprint density at radius 3 is 2.77 bits per heavy atom. The lowest BCUT2D eigenvalue weighted by atomic mass is 10.1. The van der Waals surface area contributed by atoms with E-state index in [9.17, 15) is 8.78 Å². The van der Waals surface area contributed by atoms with Gasteiger partial charge in [-0.25, -0.2) is 0 Å². The van der Waals surface area contributed by atoms with E-state index in [-0.39, 0.29) is 5.69 Å². The minimum absolute atomic E-state index is 0.276. The quantitative estimate of drug-likeness (QED) is 0.783. The lowest BCUT2D eigenvalue weighted by molar-refractivity contribution is -0.0310. The maximum absolute atomic E-state index is 13.1. The molecule has 0 saturated heterocycles. The van der Waals surface area contributed by atoms with Crippen LogP contribution in [-0.2, 0) is 5.92 Å². The molecule has 0 aliphatic heterocycles. The highest BCUT2D eigenvalue weighted by atomic mass is 19.3. The highest BCUT2D eigenvalue weighted by Crippen LogP contribution is 2.29. The van der Waals surface area contributed by atoms with Crippen molar-refractivity contribution >= 4 is 0 Å². The average Bonchev–Trinajstić information content (AvgIpc) is 2.04. The maximum atomic E-state index is 13.1. The van der Waals surface area contributed by atoms with Crippen molar-refractivity contribution in [3.63, 3.8) is 0 Å². The van der Waals surface area contributed by atoms with Gasteiger partial charge in [-0.1, -0.05) is 0 Å². The van der Waals surface area contributed by atoms with Gasteiger partial charge in [0.05, 0.1) is 0 Å². The molecule has 0 saturated carbocycles. The Bertz CT molecular complexity index is 289. The predicted octanol–water partition coefficient (Wildman–Crippen LogP) is 1.86. The molecule has 0 bridgehead atoms. The smallest absolute Gasteiger partial charge is 0.291 e. The van der Waals surface area contributed by atoms with Gasteiger partial charge in [0.1, 0.15) is 5.69 Å². The molecule has 0 aromatic carbocycles. The van der Waals surface area contributed by atoms with Crippen molar-refractivity contribution in [1.29, 1.82) is 0 Å². The molecule has 0 atom stereocenters. The molecule has 1 heterocycles. The fourth-order valence-electron chi connectivity index (χ4n) is 1.00. The second-order valence-electron chi connectivity index (χ2n) is 2.90. The number of aryl methyl sites for hydroxylation is 1. The molecule has 13 heavy (non-hydrogen) atoms. The highest BCUT2D eigenvalue weighted by Gasteiger charge is 2.32. The minimum atomic E-state index is -3.03. The van der Waals surface area contributed by atoms with E-state index in [1.807, 2.05) is 0 Å². The molecule has 0 radical (unpaired) electrons. The maximum Gasteiger partial charge on any atom is 0.291 e. The van der Waals surface area contributed by atoms with Gasteiger partial charge in [-0.15, -0.1) is 0 Å². The summed E-state index contributed by atoms with van der Waals surface area (Å²) < 4.78 is 26.2. The van der Waals surface area contributed by atoms with Crippen LogP contribution in [0.5, 0.6) is 0 Å². The number of rotatable bonds is 3. The van der Waals surface area contributed by atoms with E-state index in [0.29, 0.717) is 0 Å². The van der Waals surface area contributed by atoms with Gasteiger partial charge in [0.15, 0.2) is 0 Å². The number of aromatic nitrogens is 1. The van der Waals surface area contributed by atoms with E-state index in [0.717, 1.165) is 5.56 Å². The second-order valence-corrected chi connectivity index (χ2v) is 2.90. The van der Waals surface area contributed by atoms with Gasteiger partial charge in [-0.2, -0.15) is 8.78 Å². The Hall–Kier alpha value is -1.03. The summed E-state index contributed by atoms with van der Waals surface area (Å²) in [6.45, 7) is 1.18. The van der Waals surface area contributed by atoms with Gasteiger partial charge in [-0.05, 0) is 24.6 Å². The molecule has 0 unspecified atom stereocenters. The van der Waals surface area contributed by atoms with Crippen LogP contribution in [0.3, 0.4) is 0 Å². The molecule has 72 valence electrons. The minimum Gasteiger partial charge on any atom is -0.396 e. The topological polar surface area (TPSA) is 33.1 Å². The zero-order chi connectivity index (χ0) is 9.90. The van der Waals surface area contributed by atoms with Crippen molar-refractivity contribution in [1.82, 2.24) is 4.98 Å². The second kappa shape index (κ2) is 3.79. The SMILES string of the molecule is Cc1ccnc(C(F)(F)CCO)c1. The molecule has 0 aliphatic carbocycles. The monoisotopic (exact) mass is 187 g/mol. The molecule has 0 fully saturated rings. The summed E-state index contributed by atoms with van der Waals surface area (Å²) in [6, 6.07) is 2.98. The first-order chi connectivity index (χ1) is 6.06. The third-order valence-corrected chi connectivity index (χ3v) is 1.72. The van der Waals surface area contributed by atoms with Crippen molar-refractivity contribution in [2.75, 3.05) is 6.61 Å². The molecule has 0 aliphatic rings. The number of hydrogen-bond donors (Lipinski definition) is 1. The first kappa shape index (κ1) is 10.1. The molecule has 2 nitrogen and oxygen atoms in total. The molecular weight excluding hydrogens is 176 g/mol. The number of halogens is 2. The zero-order valence-electron chi connectivity index (χ0n) is 7.30. The van der Waals surface area contributed by atoms with Gasteiger partial charge in [0, 0.05) is 19.2 Å². The van der Waals surface area contributed by atoms with Crippen molar-refractivity contribution < 1.29 is 13.9 Å². The summed E-state index contributed by atoms with van der Waals surface area (Å²) in [7, 11) is 0. The molecule has 1 rings (SSSR count). The first-order valence-corrected chi connectivity index (χ1v) is 3.98. The van der Waals surface area contributed by atoms with E-state index in [2.05, 4.69) is 4.98 Å². The molecule has 1 N–H and O–H groups in total. The van der Waals surface area contributed by atoms with Gasteiger partial charge >= 0.3 is 0 Å². The Balaban J connectivity index is 2.93. The van der Waals surface area contributed by atoms with E-state index in [4.69, 9.17) is 5.11 Å². The van der Waals surface area contributed by atoms with E-state index < -0.39 is 19.0 Å². The predicted molar refractivity (Wildman–Crippen MR) is 44.6 cm³/mol. The van der Waals surface area contributed by atoms with E-state index in [1.54, 1.807) is 13.0 Å². The van der Waals surface area contributed by atoms with Gasteiger partial charge in [-0.3, -0.25) is 4.98 Å². The van der Waals surface area contributed by atoms with Crippen LogP contribution in [0, 0.1) is 6.92 Å². The van der Waals surface area contributed by atoms with Crippen LogP contribution in [-0.4, -0.2) is 16.7 Å². The van der Waals surface area contributed by atoms with Crippen molar-refractivity contribution in [2.45, 2.75) is 19.3 Å². The summed E-state index contributed by atoms with van der Waals surface area (Å²) in [4.78, 5) is 3.57. The Kier molecular flexibility index (Phi) is 2.93. The summed E-state index contributed by atoms with van der Waals surface area (Å²) in [6.07, 6.45) is 0.763. The van der Waals surface area contributed by atoms with Crippen LogP contribution >= 0.6 is 0 Å². The third-order valence-electron chi connectivity index (χ3n) is 1.72. The fourth-order valence-corrected chi connectivity index (χ4v) is 1.00. The standard InChI is InChI=1S/C9H11F2NO/c1-7-2-4-12-8(6-7)9(10,11)3-5-13/h2,4,6,13H,3,5H2,1H3. The van der Waals surface area contributed by atoms with Gasteiger partial charge in [0.25, 0.3) is 5.92 Å². The fraction of sp³-hybridized carbons (Fsp3) is 0.444. The zero-order valence-corrected chi connectivity index (χ0v) is 7.30. The van der Waals surface area contributed by atoms with Gasteiger partial charge in [0.2, 0.25) is 0 Å². The Morgan fingerprint density at radius 2 is 2.23 bits per heavy atom. The van der Waals surface area contributed by atoms with E-state index in [1.165, 1.54) is 12.3 Å². The summed E-state index contributed by atoms with van der Waals surface area (Å²) in [5, 5.41) is 8.42. The largest absolute Gasteiger partial charge is 0.396 e. The van der Waals surface area contributed by atoms with Crippen LogP contribution in [0.4, 0.5) is 8.78 Å². The number of hydrogen-bond acceptors (Lipinski definition) is 2. The van der Waals surface area contributed by atoms with Gasteiger partial charge < -0.3 is 5.11 Å². The van der Waals surface area contributed by atoms with Crippen LogP contribution in [0.2, 0.25) is 0 Å². The van der Waals surface area contributed by atoms with Crippen LogP contribution in [0.1, 0.15) is 17.7 Å². The lowest BCUT2D eigenvalue weighted by Crippen LogP contribution is -2.17. The number of alkyl halides is 2. The van der Waals surface area contributed by atoms with E-state index >= 15 is 0 Å². The third kappa shape index (κ3) is 2.45. The van der Waals surface area contributed by atoms with Crippen LogP contribution in [0.15, 0.2) is 18.3 Å². The molecule has 1 aromatic rings. The first-order valence-electron chi connectivity index (χ1n) is 3.98. The van der Waals surface area contributed by atoms with Crippen molar-refractivity contribution in [3.05, 3.63) is 29.6 Å². The van der Waals surface area contributed by atoms with Crippen LogP contribution < -0.4 is 0 Å². The number of aliphatic hydroxyl groups excluding tert-OH is 1. The Morgan fingerprint density at radius 1 is 1.54 bits per heavy atom. The molecule has 4 heteroatoms. The number of nitrogens with zero attached hydrogens (tertiary/aromatic N) is 1. The molecular formula is C9H11F2NO. The molecule has 1 aromatic heterocycles. The highest BCUT2D eigenvalue weighted by molar-refractivity contribution is 5.17. The van der Waals surface area contributed by atoms with Crippen LogP contribution in [0.25, 0.3) is 0 Å². The number of pyridine rings is 1. The van der Waals surface area contributed by atoms with Crippen molar-refractivity contribution in [3.8, 4) is 0 Å².